The van der Waals surface area contributed by atoms with Gasteiger partial charge in [-0.25, -0.2) is 9.97 Å². The van der Waals surface area contributed by atoms with Crippen molar-refractivity contribution in [2.75, 3.05) is 18.8 Å². The fraction of sp³-hybridized carbons (Fsp3) is 0.438. The number of carbonyl (C=O) groups is 3. The first-order valence-corrected chi connectivity index (χ1v) is 10.7. The molecule has 0 aromatic carbocycles. The van der Waals surface area contributed by atoms with Crippen molar-refractivity contribution in [1.29, 1.82) is 0 Å². The number of rotatable bonds is 6. The molecular weight excluding hydrogens is 392 g/mol. The molecule has 7 nitrogen and oxygen atoms in total. The second-order valence-corrected chi connectivity index (χ2v) is 9.25. The fourth-order valence-corrected chi connectivity index (χ4v) is 5.31. The second-order valence-electron chi connectivity index (χ2n) is 5.79. The molecule has 0 unspecified atom stereocenters. The fourth-order valence-electron chi connectivity index (χ4n) is 2.49. The van der Waals surface area contributed by atoms with Gasteiger partial charge in [0.2, 0.25) is 11.8 Å². The maximum Gasteiger partial charge on any atom is 0.288 e. The highest BCUT2D eigenvalue weighted by molar-refractivity contribution is 8.14. The third-order valence-electron chi connectivity index (χ3n) is 4.06. The molecular formula is C16H18N4O3S3. The zero-order chi connectivity index (χ0) is 18.8. The molecule has 0 spiro atoms. The van der Waals surface area contributed by atoms with E-state index < -0.39 is 0 Å². The van der Waals surface area contributed by atoms with Gasteiger partial charge in [-0.2, -0.15) is 0 Å². The van der Waals surface area contributed by atoms with Crippen LogP contribution >= 0.6 is 34.9 Å². The summed E-state index contributed by atoms with van der Waals surface area (Å²) in [4.78, 5) is 47.4. The average Bonchev–Trinajstić information content (AvgIpc) is 3.08. The lowest BCUT2D eigenvalue weighted by atomic mass is 10.2. The van der Waals surface area contributed by atoms with Crippen molar-refractivity contribution in [2.24, 2.45) is 0 Å². The summed E-state index contributed by atoms with van der Waals surface area (Å²) in [5.74, 6) is -0.177. The van der Waals surface area contributed by atoms with Crippen LogP contribution in [-0.4, -0.2) is 56.0 Å². The highest BCUT2D eigenvalue weighted by atomic mass is 32.2. The van der Waals surface area contributed by atoms with E-state index in [2.05, 4.69) is 15.3 Å². The minimum absolute atomic E-state index is 0.155. The van der Waals surface area contributed by atoms with Gasteiger partial charge in [-0.3, -0.25) is 19.3 Å². The number of hydrogen-bond donors (Lipinski definition) is 1. The van der Waals surface area contributed by atoms with Crippen LogP contribution in [0.1, 0.15) is 17.4 Å². The van der Waals surface area contributed by atoms with E-state index in [4.69, 9.17) is 0 Å². The summed E-state index contributed by atoms with van der Waals surface area (Å²) >= 11 is 4.00. The minimum atomic E-state index is -0.355. The number of nitrogens with one attached hydrogen (secondary N) is 1. The predicted octanol–water partition coefficient (Wildman–Crippen LogP) is 2.60. The first-order chi connectivity index (χ1) is 12.4. The Labute approximate surface area is 163 Å². The van der Waals surface area contributed by atoms with Crippen LogP contribution < -0.4 is 5.32 Å². The van der Waals surface area contributed by atoms with Crippen LogP contribution in [0.3, 0.4) is 0 Å². The van der Waals surface area contributed by atoms with E-state index in [1.165, 1.54) is 27.9 Å². The highest BCUT2D eigenvalue weighted by Gasteiger charge is 2.29. The summed E-state index contributed by atoms with van der Waals surface area (Å²) in [7, 11) is 0. The summed E-state index contributed by atoms with van der Waals surface area (Å²) in [6.07, 6.45) is 1.52. The number of imide groups is 1. The van der Waals surface area contributed by atoms with Gasteiger partial charge in [0.05, 0.1) is 11.0 Å². The molecule has 3 amide bonds. The Morgan fingerprint density at radius 3 is 2.85 bits per heavy atom. The zero-order valence-corrected chi connectivity index (χ0v) is 17.0. The molecule has 0 saturated carbocycles. The molecule has 1 aliphatic heterocycles. The molecule has 1 saturated heterocycles. The molecule has 3 heterocycles. The SMILES string of the molecule is Cc1sc2ncnc(S[C@@H](C)C(=O)NCCN3C(=O)CSC3=O)c2c1C. The Kier molecular flexibility index (Phi) is 5.83. The Hall–Kier alpha value is -1.65. The Morgan fingerprint density at radius 2 is 2.15 bits per heavy atom. The van der Waals surface area contributed by atoms with Crippen LogP contribution in [0.25, 0.3) is 10.2 Å². The third kappa shape index (κ3) is 3.86. The van der Waals surface area contributed by atoms with Crippen molar-refractivity contribution < 1.29 is 14.4 Å². The number of thiophene rings is 1. The van der Waals surface area contributed by atoms with E-state index in [-0.39, 0.29) is 41.1 Å². The van der Waals surface area contributed by atoms with Gasteiger partial charge in [0, 0.05) is 23.4 Å². The number of aromatic nitrogens is 2. The summed E-state index contributed by atoms with van der Waals surface area (Å²) in [5.41, 5.74) is 1.14. The topological polar surface area (TPSA) is 92.3 Å². The van der Waals surface area contributed by atoms with Gasteiger partial charge in [-0.1, -0.05) is 23.5 Å². The van der Waals surface area contributed by atoms with E-state index >= 15 is 0 Å². The van der Waals surface area contributed by atoms with E-state index in [0.29, 0.717) is 0 Å². The Bertz CT molecular complexity index is 867. The largest absolute Gasteiger partial charge is 0.353 e. The van der Waals surface area contributed by atoms with Crippen molar-refractivity contribution in [3.63, 3.8) is 0 Å². The zero-order valence-electron chi connectivity index (χ0n) is 14.6. The number of fused-ring (bicyclic) bond motifs is 1. The normalized spacial score (nSPS) is 15.7. The number of aryl methyl sites for hydroxylation is 2. The van der Waals surface area contributed by atoms with E-state index in [0.717, 1.165) is 32.6 Å². The van der Waals surface area contributed by atoms with Crippen LogP contribution in [0.2, 0.25) is 0 Å². The molecule has 138 valence electrons. The smallest absolute Gasteiger partial charge is 0.288 e. The van der Waals surface area contributed by atoms with Gasteiger partial charge in [-0.15, -0.1) is 11.3 Å². The molecule has 0 radical (unpaired) electrons. The summed E-state index contributed by atoms with van der Waals surface area (Å²) < 4.78 is 0. The minimum Gasteiger partial charge on any atom is -0.353 e. The lowest BCUT2D eigenvalue weighted by Gasteiger charge is -2.15. The summed E-state index contributed by atoms with van der Waals surface area (Å²) in [5, 5.41) is 3.97. The molecule has 3 rings (SSSR count). The first kappa shape index (κ1) is 19.1. The maximum absolute atomic E-state index is 12.3. The molecule has 1 N–H and O–H groups in total. The first-order valence-electron chi connectivity index (χ1n) is 8.00. The van der Waals surface area contributed by atoms with Crippen molar-refractivity contribution >= 4 is 62.1 Å². The van der Waals surface area contributed by atoms with E-state index in [1.54, 1.807) is 11.3 Å². The molecule has 1 aliphatic rings. The lowest BCUT2D eigenvalue weighted by Crippen LogP contribution is -2.39. The van der Waals surface area contributed by atoms with Gasteiger partial charge in [-0.05, 0) is 26.3 Å². The summed E-state index contributed by atoms with van der Waals surface area (Å²) in [6.45, 7) is 6.34. The van der Waals surface area contributed by atoms with Gasteiger partial charge >= 0.3 is 0 Å². The third-order valence-corrected chi connectivity index (χ3v) is 7.14. The van der Waals surface area contributed by atoms with Crippen LogP contribution in [0.5, 0.6) is 0 Å². The highest BCUT2D eigenvalue weighted by Crippen LogP contribution is 2.35. The quantitative estimate of drug-likeness (QED) is 0.578. The van der Waals surface area contributed by atoms with Crippen LogP contribution in [0.15, 0.2) is 11.4 Å². The number of hydrogen-bond acceptors (Lipinski definition) is 8. The van der Waals surface area contributed by atoms with Crippen molar-refractivity contribution in [2.45, 2.75) is 31.0 Å². The average molecular weight is 411 g/mol. The number of carbonyl (C=O) groups excluding carboxylic acids is 3. The molecule has 2 aromatic heterocycles. The molecule has 1 fully saturated rings. The second kappa shape index (κ2) is 7.93. The molecule has 1 atom stereocenters. The van der Waals surface area contributed by atoms with Gasteiger partial charge in [0.1, 0.15) is 16.2 Å². The Balaban J connectivity index is 1.59. The molecule has 2 aromatic rings. The summed E-state index contributed by atoms with van der Waals surface area (Å²) in [6, 6.07) is 0. The molecule has 0 bridgehead atoms. The predicted molar refractivity (Wildman–Crippen MR) is 105 cm³/mol. The Morgan fingerprint density at radius 1 is 1.38 bits per heavy atom. The van der Waals surface area contributed by atoms with Gasteiger partial charge in [0.25, 0.3) is 5.24 Å². The van der Waals surface area contributed by atoms with Gasteiger partial charge < -0.3 is 5.32 Å². The van der Waals surface area contributed by atoms with E-state index in [1.807, 2.05) is 20.8 Å². The molecule has 26 heavy (non-hydrogen) atoms. The molecule has 0 aliphatic carbocycles. The van der Waals surface area contributed by atoms with Crippen LogP contribution in [-0.2, 0) is 9.59 Å². The van der Waals surface area contributed by atoms with Crippen molar-refractivity contribution in [1.82, 2.24) is 20.2 Å². The number of thioether (sulfide) groups is 2. The molecule has 10 heteroatoms. The standard InChI is InChI=1S/C16H18N4O3S3/c1-8-9(2)25-14-12(8)15(19-7-18-14)26-10(3)13(22)17-4-5-20-11(21)6-24-16(20)23/h7,10H,4-6H2,1-3H3,(H,17,22)/t10-/m0/s1. The monoisotopic (exact) mass is 410 g/mol. The van der Waals surface area contributed by atoms with Crippen molar-refractivity contribution in [3.05, 3.63) is 16.8 Å². The maximum atomic E-state index is 12.3. The van der Waals surface area contributed by atoms with Gasteiger partial charge in [0.15, 0.2) is 0 Å². The number of nitrogens with zero attached hydrogens (tertiary/aromatic N) is 3. The van der Waals surface area contributed by atoms with Crippen LogP contribution in [0.4, 0.5) is 4.79 Å². The van der Waals surface area contributed by atoms with Crippen molar-refractivity contribution in [3.8, 4) is 0 Å². The van der Waals surface area contributed by atoms with E-state index in [9.17, 15) is 14.4 Å². The number of amides is 3. The van der Waals surface area contributed by atoms with Crippen LogP contribution in [0, 0.1) is 13.8 Å². The lowest BCUT2D eigenvalue weighted by molar-refractivity contribution is -0.125.